The van der Waals surface area contributed by atoms with Gasteiger partial charge in [-0.2, -0.15) is 15.0 Å². The fraction of sp³-hybridized carbons (Fsp3) is 0.0588. The number of aromatic nitrogens is 4. The second-order valence-corrected chi connectivity index (χ2v) is 6.38. The van der Waals surface area contributed by atoms with Gasteiger partial charge in [-0.05, 0) is 30.3 Å². The van der Waals surface area contributed by atoms with Crippen LogP contribution in [0.1, 0.15) is 5.56 Å². The number of nitrogens with zero attached hydrogens (tertiary/aromatic N) is 4. The molecule has 0 bridgehead atoms. The van der Waals surface area contributed by atoms with E-state index in [1.807, 2.05) is 12.1 Å². The summed E-state index contributed by atoms with van der Waals surface area (Å²) in [6, 6.07) is 8.59. The number of rotatable bonds is 5. The van der Waals surface area contributed by atoms with Gasteiger partial charge in [0.25, 0.3) is 0 Å². The van der Waals surface area contributed by atoms with E-state index in [0.29, 0.717) is 5.69 Å². The third-order valence-corrected chi connectivity index (χ3v) is 4.49. The van der Waals surface area contributed by atoms with Gasteiger partial charge in [0.15, 0.2) is 0 Å². The topological polar surface area (TPSA) is 95.9 Å². The molecule has 2 heterocycles. The highest BCUT2D eigenvalue weighted by molar-refractivity contribution is 7.16. The molecule has 0 saturated carbocycles. The van der Waals surface area contributed by atoms with Crippen LogP contribution >= 0.6 is 11.3 Å². The average molecular weight is 386 g/mol. The van der Waals surface area contributed by atoms with Gasteiger partial charge in [-0.15, -0.1) is 11.3 Å². The van der Waals surface area contributed by atoms with Crippen LogP contribution in [0.5, 0.6) is 6.01 Å². The Labute approximate surface area is 155 Å². The van der Waals surface area contributed by atoms with Gasteiger partial charge in [0.05, 0.1) is 15.7 Å². The number of hydrogen-bond acceptors (Lipinski definition) is 8. The maximum Gasteiger partial charge on any atom is 0.320 e. The number of hydrogen-bond donors (Lipinski definition) is 3. The van der Waals surface area contributed by atoms with Crippen molar-refractivity contribution in [3.8, 4) is 6.01 Å². The van der Waals surface area contributed by atoms with Crippen molar-refractivity contribution >= 4 is 39.1 Å². The summed E-state index contributed by atoms with van der Waals surface area (Å²) in [4.78, 5) is 15.8. The van der Waals surface area contributed by atoms with E-state index in [1.165, 1.54) is 17.4 Å². The number of aromatic hydroxyl groups is 1. The third-order valence-electron chi connectivity index (χ3n) is 3.70. The van der Waals surface area contributed by atoms with Gasteiger partial charge in [0.2, 0.25) is 11.9 Å². The normalized spacial score (nSPS) is 10.9. The van der Waals surface area contributed by atoms with Crippen LogP contribution in [0, 0.1) is 11.6 Å². The molecule has 10 heteroatoms. The summed E-state index contributed by atoms with van der Waals surface area (Å²) in [6.07, 6.45) is 0. The maximum atomic E-state index is 13.7. The number of thiazole rings is 1. The fourth-order valence-electron chi connectivity index (χ4n) is 2.43. The van der Waals surface area contributed by atoms with E-state index in [1.54, 1.807) is 11.6 Å². The molecule has 0 spiro atoms. The molecule has 0 saturated heterocycles. The molecule has 27 heavy (non-hydrogen) atoms. The van der Waals surface area contributed by atoms with Crippen molar-refractivity contribution in [3.63, 3.8) is 0 Å². The van der Waals surface area contributed by atoms with E-state index < -0.39 is 17.6 Å². The monoisotopic (exact) mass is 386 g/mol. The zero-order valence-corrected chi connectivity index (χ0v) is 14.5. The van der Waals surface area contributed by atoms with Crippen molar-refractivity contribution in [2.45, 2.75) is 6.54 Å². The number of anilines is 3. The first-order valence-corrected chi connectivity index (χ1v) is 8.68. The first-order valence-electron chi connectivity index (χ1n) is 7.80. The highest BCUT2D eigenvalue weighted by Crippen LogP contribution is 2.24. The molecule has 2 aromatic heterocycles. The van der Waals surface area contributed by atoms with Crippen molar-refractivity contribution < 1.29 is 13.9 Å². The van der Waals surface area contributed by atoms with Crippen molar-refractivity contribution in [2.75, 3.05) is 10.6 Å². The van der Waals surface area contributed by atoms with Gasteiger partial charge in [-0.3, -0.25) is 0 Å². The molecule has 0 aliphatic rings. The Hall–Kier alpha value is -3.40. The van der Waals surface area contributed by atoms with Crippen LogP contribution in [0.15, 0.2) is 41.9 Å². The summed E-state index contributed by atoms with van der Waals surface area (Å²) in [6.45, 7) is -0.186. The SMILES string of the molecule is Oc1nc(NCc2c(F)cccc2F)nc(Nc2ccc3ncsc3c2)n1. The Morgan fingerprint density at radius 2 is 1.78 bits per heavy atom. The van der Waals surface area contributed by atoms with Gasteiger partial charge in [0.1, 0.15) is 11.6 Å². The lowest BCUT2D eigenvalue weighted by atomic mass is 10.2. The van der Waals surface area contributed by atoms with Crippen LogP contribution in [-0.4, -0.2) is 25.0 Å². The molecule has 0 aliphatic carbocycles. The zero-order chi connectivity index (χ0) is 18.8. The molecule has 0 atom stereocenters. The molecular formula is C17H12F2N6OS. The molecule has 0 aliphatic heterocycles. The van der Waals surface area contributed by atoms with Gasteiger partial charge < -0.3 is 15.7 Å². The zero-order valence-electron chi connectivity index (χ0n) is 13.6. The molecule has 0 unspecified atom stereocenters. The number of fused-ring (bicyclic) bond motifs is 1. The number of benzene rings is 2. The van der Waals surface area contributed by atoms with E-state index >= 15 is 0 Å². The van der Waals surface area contributed by atoms with Crippen molar-refractivity contribution in [1.82, 2.24) is 19.9 Å². The van der Waals surface area contributed by atoms with Crippen LogP contribution in [-0.2, 0) is 6.54 Å². The first kappa shape index (κ1) is 17.0. The minimum atomic E-state index is -0.683. The molecule has 136 valence electrons. The molecular weight excluding hydrogens is 374 g/mol. The van der Waals surface area contributed by atoms with E-state index in [0.717, 1.165) is 22.3 Å². The molecule has 4 aromatic rings. The Balaban J connectivity index is 1.54. The largest absolute Gasteiger partial charge is 0.479 e. The van der Waals surface area contributed by atoms with Crippen LogP contribution in [0.4, 0.5) is 26.4 Å². The predicted octanol–water partition coefficient (Wildman–Crippen LogP) is 3.82. The molecule has 3 N–H and O–H groups in total. The summed E-state index contributed by atoms with van der Waals surface area (Å²) < 4.78 is 28.4. The number of nitrogens with one attached hydrogen (secondary N) is 2. The van der Waals surface area contributed by atoms with Crippen molar-refractivity contribution in [3.05, 3.63) is 59.1 Å². The third kappa shape index (κ3) is 3.75. The smallest absolute Gasteiger partial charge is 0.320 e. The Kier molecular flexibility index (Phi) is 4.47. The molecule has 2 aromatic carbocycles. The highest BCUT2D eigenvalue weighted by Gasteiger charge is 2.11. The molecule has 7 nitrogen and oxygen atoms in total. The van der Waals surface area contributed by atoms with E-state index in [2.05, 4.69) is 30.6 Å². The van der Waals surface area contributed by atoms with E-state index in [9.17, 15) is 13.9 Å². The Bertz CT molecular complexity index is 1100. The lowest BCUT2D eigenvalue weighted by molar-refractivity contribution is 0.430. The molecule has 0 amide bonds. The Morgan fingerprint density at radius 3 is 2.59 bits per heavy atom. The summed E-state index contributed by atoms with van der Waals surface area (Å²) in [7, 11) is 0. The van der Waals surface area contributed by atoms with Crippen LogP contribution < -0.4 is 10.6 Å². The highest BCUT2D eigenvalue weighted by atomic mass is 32.1. The van der Waals surface area contributed by atoms with Crippen LogP contribution in [0.25, 0.3) is 10.2 Å². The van der Waals surface area contributed by atoms with Gasteiger partial charge in [-0.1, -0.05) is 6.07 Å². The predicted molar refractivity (Wildman–Crippen MR) is 98.1 cm³/mol. The average Bonchev–Trinajstić information content (AvgIpc) is 3.08. The van der Waals surface area contributed by atoms with Gasteiger partial charge in [0, 0.05) is 17.8 Å². The standard InChI is InChI=1S/C17H12F2N6OS/c18-11-2-1-3-12(19)10(11)7-20-15-23-16(25-17(26)24-15)22-9-4-5-13-14(6-9)27-8-21-13/h1-6,8H,7H2,(H3,20,22,23,24,25,26). The molecule has 0 radical (unpaired) electrons. The van der Waals surface area contributed by atoms with E-state index in [-0.39, 0.29) is 24.0 Å². The first-order chi connectivity index (χ1) is 13.1. The summed E-state index contributed by atoms with van der Waals surface area (Å²) in [5.74, 6) is -1.30. The van der Waals surface area contributed by atoms with Gasteiger partial charge in [-0.25, -0.2) is 13.8 Å². The lowest BCUT2D eigenvalue weighted by Gasteiger charge is -2.09. The van der Waals surface area contributed by atoms with Crippen molar-refractivity contribution in [2.24, 2.45) is 0 Å². The lowest BCUT2D eigenvalue weighted by Crippen LogP contribution is -2.09. The number of halogens is 2. The Morgan fingerprint density at radius 1 is 1.00 bits per heavy atom. The van der Waals surface area contributed by atoms with Gasteiger partial charge >= 0.3 is 6.01 Å². The second kappa shape index (κ2) is 7.08. The van der Waals surface area contributed by atoms with E-state index in [4.69, 9.17) is 0 Å². The minimum Gasteiger partial charge on any atom is -0.479 e. The fourth-order valence-corrected chi connectivity index (χ4v) is 3.15. The summed E-state index contributed by atoms with van der Waals surface area (Å²) in [5, 5.41) is 15.4. The molecule has 4 rings (SSSR count). The molecule has 0 fully saturated rings. The van der Waals surface area contributed by atoms with Crippen molar-refractivity contribution in [1.29, 1.82) is 0 Å². The quantitative estimate of drug-likeness (QED) is 0.480. The minimum absolute atomic E-state index is 0.0217. The van der Waals surface area contributed by atoms with Crippen LogP contribution in [0.3, 0.4) is 0 Å². The summed E-state index contributed by atoms with van der Waals surface area (Å²) in [5.41, 5.74) is 3.16. The second-order valence-electron chi connectivity index (χ2n) is 5.50. The summed E-state index contributed by atoms with van der Waals surface area (Å²) >= 11 is 1.49. The van der Waals surface area contributed by atoms with Crippen LogP contribution in [0.2, 0.25) is 0 Å². The maximum absolute atomic E-state index is 13.7.